The Morgan fingerprint density at radius 1 is 1.38 bits per heavy atom. The maximum absolute atomic E-state index is 4.21. The summed E-state index contributed by atoms with van der Waals surface area (Å²) in [6.45, 7) is 9.43. The lowest BCUT2D eigenvalue weighted by Crippen LogP contribution is -2.35. The van der Waals surface area contributed by atoms with Gasteiger partial charge in [-0.1, -0.05) is 0 Å². The minimum atomic E-state index is 0.149. The maximum atomic E-state index is 4.21. The first-order valence-corrected chi connectivity index (χ1v) is 5.77. The molecule has 0 fully saturated rings. The van der Waals surface area contributed by atoms with Gasteiger partial charge in [-0.15, -0.1) is 0 Å². The molecule has 0 unspecified atom stereocenters. The number of rotatable bonds is 5. The molecule has 0 amide bonds. The van der Waals surface area contributed by atoms with Crippen LogP contribution in [0.4, 0.5) is 0 Å². The average Bonchev–Trinajstić information content (AvgIpc) is 2.57. The highest BCUT2D eigenvalue weighted by Gasteiger charge is 2.10. The maximum Gasteiger partial charge on any atom is 0.0949 e. The molecule has 0 aliphatic carbocycles. The Kier molecular flexibility index (Phi) is 4.50. The highest BCUT2D eigenvalue weighted by Crippen LogP contribution is 2.04. The number of aromatic nitrogens is 2. The van der Waals surface area contributed by atoms with Crippen molar-refractivity contribution in [2.45, 2.75) is 39.4 Å². The Balaban J connectivity index is 2.50. The topological polar surface area (TPSA) is 33.1 Å². The van der Waals surface area contributed by atoms with Crippen molar-refractivity contribution < 1.29 is 0 Å². The van der Waals surface area contributed by atoms with Crippen molar-refractivity contribution in [3.8, 4) is 0 Å². The van der Waals surface area contributed by atoms with E-state index in [4.69, 9.17) is 0 Å². The number of imidazole rings is 1. The molecule has 16 heavy (non-hydrogen) atoms. The molecule has 0 spiro atoms. The molecule has 1 rings (SSSR count). The number of nitrogens with one attached hydrogen (secondary N) is 1. The van der Waals surface area contributed by atoms with Crippen LogP contribution in [0.3, 0.4) is 0 Å². The number of hydrogen-bond donors (Lipinski definition) is 1. The Labute approximate surface area is 98.7 Å². The van der Waals surface area contributed by atoms with E-state index in [-0.39, 0.29) is 5.54 Å². The second-order valence-electron chi connectivity index (χ2n) is 5.49. The molecular weight excluding hydrogens is 200 g/mol. The molecule has 4 nitrogen and oxygen atoms in total. The molecule has 0 bridgehead atoms. The van der Waals surface area contributed by atoms with Crippen LogP contribution in [0.1, 0.15) is 26.5 Å². The Morgan fingerprint density at radius 2 is 2.06 bits per heavy atom. The van der Waals surface area contributed by atoms with Gasteiger partial charge in [0.25, 0.3) is 0 Å². The molecule has 0 aromatic carbocycles. The lowest BCUT2D eigenvalue weighted by atomic mass is 10.1. The summed E-state index contributed by atoms with van der Waals surface area (Å²) in [5.41, 5.74) is 1.40. The van der Waals surface area contributed by atoms with Crippen molar-refractivity contribution in [3.63, 3.8) is 0 Å². The standard InChI is InChI=1S/C12H24N4/c1-12(2,3)14-9-11-8-13-10-16(11)7-6-15(4)5/h8,10,14H,6-7,9H2,1-5H3. The van der Waals surface area contributed by atoms with Crippen LogP contribution in [-0.4, -0.2) is 40.6 Å². The van der Waals surface area contributed by atoms with E-state index in [2.05, 4.69) is 54.6 Å². The first-order valence-electron chi connectivity index (χ1n) is 5.77. The predicted molar refractivity (Wildman–Crippen MR) is 67.4 cm³/mol. The second kappa shape index (κ2) is 5.46. The Morgan fingerprint density at radius 3 is 2.62 bits per heavy atom. The van der Waals surface area contributed by atoms with Gasteiger partial charge in [0.05, 0.1) is 12.0 Å². The summed E-state index contributed by atoms with van der Waals surface area (Å²) < 4.78 is 2.21. The van der Waals surface area contributed by atoms with E-state index in [0.29, 0.717) is 0 Å². The van der Waals surface area contributed by atoms with E-state index in [0.717, 1.165) is 19.6 Å². The molecule has 0 saturated heterocycles. The highest BCUT2D eigenvalue weighted by atomic mass is 15.1. The van der Waals surface area contributed by atoms with Gasteiger partial charge < -0.3 is 14.8 Å². The summed E-state index contributed by atoms with van der Waals surface area (Å²) in [5.74, 6) is 0. The third-order valence-electron chi connectivity index (χ3n) is 2.39. The SMILES string of the molecule is CN(C)CCn1cncc1CNC(C)(C)C. The van der Waals surface area contributed by atoms with Gasteiger partial charge in [0.15, 0.2) is 0 Å². The normalized spacial score (nSPS) is 12.4. The van der Waals surface area contributed by atoms with Gasteiger partial charge in [0.1, 0.15) is 0 Å². The molecule has 0 atom stereocenters. The molecule has 4 heteroatoms. The third kappa shape index (κ3) is 4.77. The van der Waals surface area contributed by atoms with E-state index < -0.39 is 0 Å². The Bertz CT molecular complexity index is 309. The summed E-state index contributed by atoms with van der Waals surface area (Å²) in [5, 5.41) is 3.48. The van der Waals surface area contributed by atoms with Crippen LogP contribution in [0.5, 0.6) is 0 Å². The molecule has 0 aliphatic rings. The van der Waals surface area contributed by atoms with Crippen LogP contribution in [0.2, 0.25) is 0 Å². The number of hydrogen-bond acceptors (Lipinski definition) is 3. The zero-order valence-electron chi connectivity index (χ0n) is 11.1. The largest absolute Gasteiger partial charge is 0.332 e. The van der Waals surface area contributed by atoms with Crippen LogP contribution in [-0.2, 0) is 13.1 Å². The Hall–Kier alpha value is -0.870. The van der Waals surface area contributed by atoms with Crippen LogP contribution >= 0.6 is 0 Å². The summed E-state index contributed by atoms with van der Waals surface area (Å²) in [6.07, 6.45) is 3.84. The van der Waals surface area contributed by atoms with Crippen molar-refractivity contribution in [1.82, 2.24) is 19.8 Å². The third-order valence-corrected chi connectivity index (χ3v) is 2.39. The van der Waals surface area contributed by atoms with Gasteiger partial charge in [-0.3, -0.25) is 0 Å². The first-order chi connectivity index (χ1) is 7.38. The van der Waals surface area contributed by atoms with Crippen LogP contribution in [0.15, 0.2) is 12.5 Å². The lowest BCUT2D eigenvalue weighted by Gasteiger charge is -2.21. The molecule has 1 aromatic rings. The fourth-order valence-electron chi connectivity index (χ4n) is 1.36. The smallest absolute Gasteiger partial charge is 0.0949 e. The molecule has 92 valence electrons. The summed E-state index contributed by atoms with van der Waals surface area (Å²) in [6, 6.07) is 0. The van der Waals surface area contributed by atoms with Crippen molar-refractivity contribution >= 4 is 0 Å². The minimum absolute atomic E-state index is 0.149. The second-order valence-corrected chi connectivity index (χ2v) is 5.49. The quantitative estimate of drug-likeness (QED) is 0.819. The van der Waals surface area contributed by atoms with Gasteiger partial charge >= 0.3 is 0 Å². The van der Waals surface area contributed by atoms with E-state index >= 15 is 0 Å². The fourth-order valence-corrected chi connectivity index (χ4v) is 1.36. The van der Waals surface area contributed by atoms with Crippen molar-refractivity contribution in [2.75, 3.05) is 20.6 Å². The summed E-state index contributed by atoms with van der Waals surface area (Å²) >= 11 is 0. The van der Waals surface area contributed by atoms with Crippen LogP contribution in [0, 0.1) is 0 Å². The van der Waals surface area contributed by atoms with Crippen molar-refractivity contribution in [2.24, 2.45) is 0 Å². The summed E-state index contributed by atoms with van der Waals surface area (Å²) in [4.78, 5) is 6.39. The van der Waals surface area contributed by atoms with E-state index in [1.54, 1.807) is 0 Å². The summed E-state index contributed by atoms with van der Waals surface area (Å²) in [7, 11) is 4.17. The molecule has 0 aliphatic heterocycles. The zero-order valence-corrected chi connectivity index (χ0v) is 11.1. The predicted octanol–water partition coefficient (Wildman–Crippen LogP) is 1.33. The van der Waals surface area contributed by atoms with Crippen LogP contribution < -0.4 is 5.32 Å². The van der Waals surface area contributed by atoms with Crippen molar-refractivity contribution in [1.29, 1.82) is 0 Å². The molecule has 1 aromatic heterocycles. The average molecular weight is 224 g/mol. The van der Waals surface area contributed by atoms with Gasteiger partial charge in [-0.2, -0.15) is 0 Å². The monoisotopic (exact) mass is 224 g/mol. The first kappa shape index (κ1) is 13.2. The number of likely N-dealkylation sites (N-methyl/N-ethyl adjacent to an activating group) is 1. The molecular formula is C12H24N4. The minimum Gasteiger partial charge on any atom is -0.332 e. The lowest BCUT2D eigenvalue weighted by molar-refractivity contribution is 0.373. The number of nitrogens with zero attached hydrogens (tertiary/aromatic N) is 3. The fraction of sp³-hybridized carbons (Fsp3) is 0.750. The van der Waals surface area contributed by atoms with E-state index in [1.165, 1.54) is 5.69 Å². The van der Waals surface area contributed by atoms with Gasteiger partial charge in [-0.25, -0.2) is 4.98 Å². The van der Waals surface area contributed by atoms with Gasteiger partial charge in [0.2, 0.25) is 0 Å². The zero-order chi connectivity index (χ0) is 12.2. The van der Waals surface area contributed by atoms with Gasteiger partial charge in [0, 0.05) is 31.4 Å². The molecule has 0 radical (unpaired) electrons. The van der Waals surface area contributed by atoms with Crippen LogP contribution in [0.25, 0.3) is 0 Å². The highest BCUT2D eigenvalue weighted by molar-refractivity contribution is 4.98. The molecule has 1 heterocycles. The van der Waals surface area contributed by atoms with Gasteiger partial charge in [-0.05, 0) is 34.9 Å². The van der Waals surface area contributed by atoms with Crippen molar-refractivity contribution in [3.05, 3.63) is 18.2 Å². The van der Waals surface area contributed by atoms with E-state index in [1.807, 2.05) is 12.5 Å². The molecule has 1 N–H and O–H groups in total. The molecule has 0 saturated carbocycles. The van der Waals surface area contributed by atoms with E-state index in [9.17, 15) is 0 Å².